The van der Waals surface area contributed by atoms with Gasteiger partial charge in [0.05, 0.1) is 22.6 Å². The molecule has 0 saturated heterocycles. The SMILES string of the molecule is CCOC(=O)C1CCC(NCc2cccc(Cl)c2Cl)CC1. The van der Waals surface area contributed by atoms with Gasteiger partial charge in [-0.1, -0.05) is 35.3 Å². The Morgan fingerprint density at radius 1 is 1.29 bits per heavy atom. The van der Waals surface area contributed by atoms with Crippen LogP contribution in [0.25, 0.3) is 0 Å². The summed E-state index contributed by atoms with van der Waals surface area (Å²) in [5.74, 6) is 0.0200. The Bertz CT molecular complexity index is 485. The van der Waals surface area contributed by atoms with Gasteiger partial charge in [0, 0.05) is 12.6 Å². The van der Waals surface area contributed by atoms with Crippen molar-refractivity contribution in [3.63, 3.8) is 0 Å². The Morgan fingerprint density at radius 2 is 2.00 bits per heavy atom. The Hall–Kier alpha value is -0.770. The third-order valence-electron chi connectivity index (χ3n) is 3.96. The Morgan fingerprint density at radius 3 is 2.67 bits per heavy atom. The summed E-state index contributed by atoms with van der Waals surface area (Å²) in [5, 5.41) is 4.70. The summed E-state index contributed by atoms with van der Waals surface area (Å²) in [7, 11) is 0. The van der Waals surface area contributed by atoms with Crippen molar-refractivity contribution in [1.29, 1.82) is 0 Å². The zero-order valence-electron chi connectivity index (χ0n) is 12.2. The average Bonchev–Trinajstić information content (AvgIpc) is 2.49. The number of rotatable bonds is 5. The van der Waals surface area contributed by atoms with E-state index in [9.17, 15) is 4.79 Å². The van der Waals surface area contributed by atoms with Crippen LogP contribution in [0.2, 0.25) is 10.0 Å². The molecule has 0 aromatic heterocycles. The molecular formula is C16H21Cl2NO2. The van der Waals surface area contributed by atoms with Crippen LogP contribution in [0.4, 0.5) is 0 Å². The van der Waals surface area contributed by atoms with E-state index >= 15 is 0 Å². The molecule has 0 bridgehead atoms. The van der Waals surface area contributed by atoms with Gasteiger partial charge in [0.2, 0.25) is 0 Å². The van der Waals surface area contributed by atoms with Gasteiger partial charge in [-0.15, -0.1) is 0 Å². The highest BCUT2D eigenvalue weighted by molar-refractivity contribution is 6.42. The summed E-state index contributed by atoms with van der Waals surface area (Å²) >= 11 is 12.2. The lowest BCUT2D eigenvalue weighted by atomic mass is 9.86. The molecule has 0 aliphatic heterocycles. The number of esters is 1. The number of carbonyl (C=O) groups is 1. The molecule has 0 heterocycles. The van der Waals surface area contributed by atoms with Gasteiger partial charge in [0.15, 0.2) is 0 Å². The van der Waals surface area contributed by atoms with Crippen molar-refractivity contribution in [2.45, 2.75) is 45.2 Å². The summed E-state index contributed by atoms with van der Waals surface area (Å²) in [5.41, 5.74) is 1.01. The molecule has 1 fully saturated rings. The molecular weight excluding hydrogens is 309 g/mol. The fourth-order valence-electron chi connectivity index (χ4n) is 2.73. The topological polar surface area (TPSA) is 38.3 Å². The summed E-state index contributed by atoms with van der Waals surface area (Å²) < 4.78 is 5.08. The van der Waals surface area contributed by atoms with Gasteiger partial charge in [0.1, 0.15) is 0 Å². The van der Waals surface area contributed by atoms with Crippen molar-refractivity contribution < 1.29 is 9.53 Å². The number of halogens is 2. The molecule has 21 heavy (non-hydrogen) atoms. The van der Waals surface area contributed by atoms with Crippen LogP contribution in [-0.2, 0) is 16.1 Å². The van der Waals surface area contributed by atoms with Crippen LogP contribution in [0.1, 0.15) is 38.2 Å². The number of nitrogens with one attached hydrogen (secondary N) is 1. The predicted molar refractivity (Wildman–Crippen MR) is 85.7 cm³/mol. The van der Waals surface area contributed by atoms with Crippen LogP contribution in [0.3, 0.4) is 0 Å². The third-order valence-corrected chi connectivity index (χ3v) is 4.82. The number of benzene rings is 1. The van der Waals surface area contributed by atoms with Crippen LogP contribution >= 0.6 is 23.2 Å². The van der Waals surface area contributed by atoms with Gasteiger partial charge in [0.25, 0.3) is 0 Å². The highest BCUT2D eigenvalue weighted by Gasteiger charge is 2.26. The lowest BCUT2D eigenvalue weighted by Crippen LogP contribution is -2.35. The largest absolute Gasteiger partial charge is 0.466 e. The molecule has 1 aliphatic carbocycles. The first-order valence-corrected chi connectivity index (χ1v) is 8.20. The van der Waals surface area contributed by atoms with Crippen LogP contribution < -0.4 is 5.32 Å². The van der Waals surface area contributed by atoms with E-state index in [4.69, 9.17) is 27.9 Å². The number of carbonyl (C=O) groups excluding carboxylic acids is 1. The maximum Gasteiger partial charge on any atom is 0.308 e. The van der Waals surface area contributed by atoms with Crippen molar-refractivity contribution in [3.05, 3.63) is 33.8 Å². The first-order chi connectivity index (χ1) is 10.1. The molecule has 0 amide bonds. The number of ether oxygens (including phenoxy) is 1. The fourth-order valence-corrected chi connectivity index (χ4v) is 3.12. The molecule has 0 unspecified atom stereocenters. The van der Waals surface area contributed by atoms with E-state index in [2.05, 4.69) is 5.32 Å². The second kappa shape index (κ2) is 8.02. The van der Waals surface area contributed by atoms with Gasteiger partial charge in [-0.2, -0.15) is 0 Å². The predicted octanol–water partition coefficient (Wildman–Crippen LogP) is 4.20. The molecule has 1 N–H and O–H groups in total. The first-order valence-electron chi connectivity index (χ1n) is 7.44. The van der Waals surface area contributed by atoms with Crippen molar-refractivity contribution in [2.75, 3.05) is 6.61 Å². The molecule has 116 valence electrons. The quantitative estimate of drug-likeness (QED) is 0.822. The van der Waals surface area contributed by atoms with Crippen LogP contribution in [0.15, 0.2) is 18.2 Å². The zero-order chi connectivity index (χ0) is 15.2. The summed E-state index contributed by atoms with van der Waals surface area (Å²) in [6, 6.07) is 6.09. The third kappa shape index (κ3) is 4.60. The summed E-state index contributed by atoms with van der Waals surface area (Å²) in [6.07, 6.45) is 3.75. The lowest BCUT2D eigenvalue weighted by Gasteiger charge is -2.28. The van der Waals surface area contributed by atoms with Gasteiger partial charge < -0.3 is 10.1 Å². The Labute approximate surface area is 136 Å². The monoisotopic (exact) mass is 329 g/mol. The highest BCUT2D eigenvalue weighted by Crippen LogP contribution is 2.28. The minimum absolute atomic E-state index is 0.0474. The van der Waals surface area contributed by atoms with E-state index in [0.717, 1.165) is 31.2 Å². The van der Waals surface area contributed by atoms with Gasteiger partial charge in [-0.05, 0) is 44.2 Å². The first kappa shape index (κ1) is 16.6. The Balaban J connectivity index is 1.79. The fraction of sp³-hybridized carbons (Fsp3) is 0.562. The molecule has 5 heteroatoms. The minimum Gasteiger partial charge on any atom is -0.466 e. The summed E-state index contributed by atoms with van der Waals surface area (Å²) in [4.78, 5) is 11.7. The number of hydrogen-bond acceptors (Lipinski definition) is 3. The van der Waals surface area contributed by atoms with Crippen molar-refractivity contribution in [1.82, 2.24) is 5.32 Å². The Kier molecular flexibility index (Phi) is 6.34. The van der Waals surface area contributed by atoms with Crippen LogP contribution in [-0.4, -0.2) is 18.6 Å². The highest BCUT2D eigenvalue weighted by atomic mass is 35.5. The van der Waals surface area contributed by atoms with Gasteiger partial charge in [-0.3, -0.25) is 4.79 Å². The van der Waals surface area contributed by atoms with Gasteiger partial charge >= 0.3 is 5.97 Å². The normalized spacial score (nSPS) is 22.0. The van der Waals surface area contributed by atoms with Crippen LogP contribution in [0, 0.1) is 5.92 Å². The van der Waals surface area contributed by atoms with E-state index in [1.807, 2.05) is 19.1 Å². The lowest BCUT2D eigenvalue weighted by molar-refractivity contribution is -0.149. The molecule has 1 saturated carbocycles. The van der Waals surface area contributed by atoms with E-state index < -0.39 is 0 Å². The van der Waals surface area contributed by atoms with Gasteiger partial charge in [-0.25, -0.2) is 0 Å². The van der Waals surface area contributed by atoms with Crippen molar-refractivity contribution in [3.8, 4) is 0 Å². The molecule has 1 aromatic carbocycles. The molecule has 0 spiro atoms. The molecule has 1 aromatic rings. The summed E-state index contributed by atoms with van der Waals surface area (Å²) in [6.45, 7) is 3.01. The van der Waals surface area contributed by atoms with E-state index in [1.54, 1.807) is 6.07 Å². The molecule has 0 radical (unpaired) electrons. The maximum absolute atomic E-state index is 11.7. The van der Waals surface area contributed by atoms with Crippen molar-refractivity contribution in [2.24, 2.45) is 5.92 Å². The zero-order valence-corrected chi connectivity index (χ0v) is 13.7. The molecule has 1 aliphatic rings. The van der Waals surface area contributed by atoms with E-state index in [-0.39, 0.29) is 11.9 Å². The average molecular weight is 330 g/mol. The second-order valence-electron chi connectivity index (χ2n) is 5.39. The minimum atomic E-state index is -0.0474. The van der Waals surface area contributed by atoms with Crippen LogP contribution in [0.5, 0.6) is 0 Å². The smallest absolute Gasteiger partial charge is 0.308 e. The molecule has 3 nitrogen and oxygen atoms in total. The molecule has 0 atom stereocenters. The standard InChI is InChI=1S/C16H21Cl2NO2/c1-2-21-16(20)11-6-8-13(9-7-11)19-10-12-4-3-5-14(17)15(12)18/h3-5,11,13,19H,2,6-10H2,1H3. The van der Waals surface area contributed by atoms with Crippen molar-refractivity contribution >= 4 is 29.2 Å². The molecule has 2 rings (SSSR count). The second-order valence-corrected chi connectivity index (χ2v) is 6.18. The maximum atomic E-state index is 11.7. The van der Waals surface area contributed by atoms with E-state index in [0.29, 0.717) is 29.2 Å². The van der Waals surface area contributed by atoms with E-state index in [1.165, 1.54) is 0 Å². The number of hydrogen-bond donors (Lipinski definition) is 1.